The molecule has 0 aromatic rings. The molecule has 0 aromatic carbocycles. The van der Waals surface area contributed by atoms with Crippen LogP contribution in [-0.4, -0.2) is 28.7 Å². The second-order valence-corrected chi connectivity index (χ2v) is 6.00. The van der Waals surface area contributed by atoms with E-state index in [2.05, 4.69) is 6.92 Å². The van der Waals surface area contributed by atoms with Crippen LogP contribution in [0.15, 0.2) is 22.8 Å². The fourth-order valence-electron chi connectivity index (χ4n) is 3.38. The van der Waals surface area contributed by atoms with Crippen molar-refractivity contribution in [3.05, 3.63) is 22.8 Å². The van der Waals surface area contributed by atoms with E-state index in [1.54, 1.807) is 6.08 Å². The van der Waals surface area contributed by atoms with Gasteiger partial charge < -0.3 is 10.2 Å². The summed E-state index contributed by atoms with van der Waals surface area (Å²) < 4.78 is 0. The molecule has 1 saturated carbocycles. The number of carbonyl (C=O) groups is 1. The summed E-state index contributed by atoms with van der Waals surface area (Å²) in [5.41, 5.74) is 2.70. The third-order valence-electron chi connectivity index (χ3n) is 4.67. The molecule has 100 valence electrons. The summed E-state index contributed by atoms with van der Waals surface area (Å²) in [5.74, 6) is -0.0597. The van der Waals surface area contributed by atoms with E-state index in [0.717, 1.165) is 23.1 Å². The molecule has 3 unspecified atom stereocenters. The highest BCUT2D eigenvalue weighted by atomic mass is 16.3. The van der Waals surface area contributed by atoms with E-state index >= 15 is 0 Å². The summed E-state index contributed by atoms with van der Waals surface area (Å²) in [5, 5.41) is 19.6. The average molecular weight is 250 g/mol. The molecule has 0 spiro atoms. The zero-order valence-electron chi connectivity index (χ0n) is 11.4. The molecule has 3 nitrogen and oxygen atoms in total. The Morgan fingerprint density at radius 3 is 2.72 bits per heavy atom. The minimum atomic E-state index is -0.469. The zero-order chi connectivity index (χ0) is 13.5. The average Bonchev–Trinajstić information content (AvgIpc) is 2.29. The number of ketones is 1. The van der Waals surface area contributed by atoms with Crippen molar-refractivity contribution < 1.29 is 15.0 Å². The maximum absolute atomic E-state index is 12.1. The Morgan fingerprint density at radius 1 is 1.50 bits per heavy atom. The van der Waals surface area contributed by atoms with Crippen molar-refractivity contribution in [3.63, 3.8) is 0 Å². The molecule has 2 aliphatic rings. The van der Waals surface area contributed by atoms with Gasteiger partial charge in [-0.25, -0.2) is 0 Å². The molecule has 0 saturated heterocycles. The van der Waals surface area contributed by atoms with Gasteiger partial charge in [-0.05, 0) is 44.8 Å². The third-order valence-corrected chi connectivity index (χ3v) is 4.67. The Balaban J connectivity index is 2.48. The van der Waals surface area contributed by atoms with E-state index in [-0.39, 0.29) is 23.7 Å². The van der Waals surface area contributed by atoms with Crippen LogP contribution in [0.2, 0.25) is 0 Å². The Labute approximate surface area is 108 Å². The first-order chi connectivity index (χ1) is 8.40. The summed E-state index contributed by atoms with van der Waals surface area (Å²) in [6, 6.07) is 0. The van der Waals surface area contributed by atoms with Crippen LogP contribution in [-0.2, 0) is 4.79 Å². The van der Waals surface area contributed by atoms with E-state index < -0.39 is 6.10 Å². The molecule has 3 atom stereocenters. The molecule has 3 heteroatoms. The molecule has 2 aliphatic carbocycles. The molecule has 2 N–H and O–H groups in total. The van der Waals surface area contributed by atoms with Gasteiger partial charge in [-0.3, -0.25) is 4.79 Å². The van der Waals surface area contributed by atoms with Gasteiger partial charge in [0.05, 0.1) is 6.10 Å². The molecule has 0 bridgehead atoms. The fraction of sp³-hybridized carbons (Fsp3) is 0.667. The van der Waals surface area contributed by atoms with Crippen molar-refractivity contribution in [2.75, 3.05) is 6.61 Å². The van der Waals surface area contributed by atoms with Crippen LogP contribution >= 0.6 is 0 Å². The second kappa shape index (κ2) is 4.63. The molecule has 1 fully saturated rings. The van der Waals surface area contributed by atoms with E-state index in [0.29, 0.717) is 12.8 Å². The smallest absolute Gasteiger partial charge is 0.181 e. The first kappa shape index (κ1) is 13.5. The van der Waals surface area contributed by atoms with Gasteiger partial charge in [-0.15, -0.1) is 0 Å². The topological polar surface area (TPSA) is 57.5 Å². The van der Waals surface area contributed by atoms with E-state index in [9.17, 15) is 15.0 Å². The van der Waals surface area contributed by atoms with Gasteiger partial charge in [0.25, 0.3) is 0 Å². The van der Waals surface area contributed by atoms with E-state index in [4.69, 9.17) is 0 Å². The monoisotopic (exact) mass is 250 g/mol. The summed E-state index contributed by atoms with van der Waals surface area (Å²) >= 11 is 0. The Morgan fingerprint density at radius 2 is 2.17 bits per heavy atom. The highest BCUT2D eigenvalue weighted by Gasteiger charge is 2.47. The lowest BCUT2D eigenvalue weighted by molar-refractivity contribution is -0.113. The Kier molecular flexibility index (Phi) is 3.47. The van der Waals surface area contributed by atoms with Gasteiger partial charge in [-0.1, -0.05) is 18.1 Å². The van der Waals surface area contributed by atoms with Crippen LogP contribution < -0.4 is 0 Å². The quantitative estimate of drug-likeness (QED) is 0.700. The Bertz CT molecular complexity index is 429. The van der Waals surface area contributed by atoms with Crippen molar-refractivity contribution in [1.82, 2.24) is 0 Å². The van der Waals surface area contributed by atoms with Crippen molar-refractivity contribution in [2.45, 2.75) is 46.1 Å². The first-order valence-electron chi connectivity index (χ1n) is 6.61. The van der Waals surface area contributed by atoms with Crippen molar-refractivity contribution in [3.8, 4) is 0 Å². The lowest BCUT2D eigenvalue weighted by Crippen LogP contribution is -2.46. The highest BCUT2D eigenvalue weighted by molar-refractivity contribution is 6.06. The maximum Gasteiger partial charge on any atom is 0.181 e. The fourth-order valence-corrected chi connectivity index (χ4v) is 3.38. The van der Waals surface area contributed by atoms with Crippen molar-refractivity contribution >= 4 is 5.78 Å². The van der Waals surface area contributed by atoms with Gasteiger partial charge in [0.2, 0.25) is 0 Å². The second-order valence-electron chi connectivity index (χ2n) is 6.00. The number of rotatable bonds is 1. The summed E-state index contributed by atoms with van der Waals surface area (Å²) in [6.07, 6.45) is 3.31. The first-order valence-corrected chi connectivity index (χ1v) is 6.61. The largest absolute Gasteiger partial charge is 0.396 e. The van der Waals surface area contributed by atoms with Crippen LogP contribution in [0.4, 0.5) is 0 Å². The Hall–Kier alpha value is -0.930. The van der Waals surface area contributed by atoms with Gasteiger partial charge in [0, 0.05) is 17.9 Å². The van der Waals surface area contributed by atoms with Gasteiger partial charge in [0.15, 0.2) is 5.78 Å². The van der Waals surface area contributed by atoms with Crippen molar-refractivity contribution in [1.29, 1.82) is 0 Å². The lowest BCUT2D eigenvalue weighted by atomic mass is 9.58. The van der Waals surface area contributed by atoms with Crippen molar-refractivity contribution in [2.24, 2.45) is 11.3 Å². The minimum absolute atomic E-state index is 0.0285. The zero-order valence-corrected chi connectivity index (χ0v) is 11.4. The van der Waals surface area contributed by atoms with Crippen LogP contribution in [0, 0.1) is 11.3 Å². The predicted octanol–water partition coefficient (Wildman–Crippen LogP) is 1.99. The molecule has 18 heavy (non-hydrogen) atoms. The number of hydrogen-bond donors (Lipinski definition) is 2. The molecule has 0 aliphatic heterocycles. The van der Waals surface area contributed by atoms with E-state index in [1.807, 2.05) is 13.8 Å². The number of allylic oxidation sites excluding steroid dienone is 4. The predicted molar refractivity (Wildman–Crippen MR) is 70.0 cm³/mol. The summed E-state index contributed by atoms with van der Waals surface area (Å²) in [7, 11) is 0. The summed E-state index contributed by atoms with van der Waals surface area (Å²) in [6.45, 7) is 5.93. The SMILES string of the molecule is CC(C)=C1CC2(C)C(=CC1=O)CCC(O)C2CO. The van der Waals surface area contributed by atoms with Gasteiger partial charge >= 0.3 is 0 Å². The molecule has 0 radical (unpaired) electrons. The van der Waals surface area contributed by atoms with Crippen LogP contribution in [0.1, 0.15) is 40.0 Å². The molecule has 0 aromatic heterocycles. The number of aliphatic hydroxyl groups is 2. The molecular formula is C15H22O3. The third kappa shape index (κ3) is 1.95. The normalized spacial score (nSPS) is 36.2. The molecule has 2 rings (SSSR count). The number of hydrogen-bond acceptors (Lipinski definition) is 3. The molecular weight excluding hydrogens is 228 g/mol. The van der Waals surface area contributed by atoms with Crippen LogP contribution in [0.3, 0.4) is 0 Å². The molecule has 0 amide bonds. The standard InChI is InChI=1S/C15H22O3/c1-9(2)11-7-15(3)10(6-14(11)18)4-5-13(17)12(15)8-16/h6,12-13,16-17H,4-5,7-8H2,1-3H3. The van der Waals surface area contributed by atoms with Gasteiger partial charge in [0.1, 0.15) is 0 Å². The van der Waals surface area contributed by atoms with E-state index in [1.165, 1.54) is 0 Å². The maximum atomic E-state index is 12.1. The van der Waals surface area contributed by atoms with Crippen LogP contribution in [0.25, 0.3) is 0 Å². The van der Waals surface area contributed by atoms with Gasteiger partial charge in [-0.2, -0.15) is 0 Å². The number of carbonyl (C=O) groups excluding carboxylic acids is 1. The number of fused-ring (bicyclic) bond motifs is 1. The molecule has 0 heterocycles. The minimum Gasteiger partial charge on any atom is -0.396 e. The highest BCUT2D eigenvalue weighted by Crippen LogP contribution is 2.51. The van der Waals surface area contributed by atoms with Crippen LogP contribution in [0.5, 0.6) is 0 Å². The number of aliphatic hydroxyl groups excluding tert-OH is 2. The summed E-state index contributed by atoms with van der Waals surface area (Å²) in [4.78, 5) is 12.1. The lowest BCUT2D eigenvalue weighted by Gasteiger charge is -2.48.